The molecule has 1 N–H and O–H groups in total. The Kier molecular flexibility index (Phi) is 7.70. The van der Waals surface area contributed by atoms with Crippen LogP contribution in [0.25, 0.3) is 0 Å². The van der Waals surface area contributed by atoms with Crippen molar-refractivity contribution >= 4 is 0 Å². The van der Waals surface area contributed by atoms with E-state index in [-0.39, 0.29) is 5.54 Å². The van der Waals surface area contributed by atoms with Crippen LogP contribution in [-0.4, -0.2) is 36.6 Å². The van der Waals surface area contributed by atoms with Crippen molar-refractivity contribution in [1.29, 1.82) is 5.26 Å². The Bertz CT molecular complexity index is 334. The van der Waals surface area contributed by atoms with Gasteiger partial charge < -0.3 is 4.90 Å². The largest absolute Gasteiger partial charge is 0.304 e. The molecule has 0 bridgehead atoms. The first kappa shape index (κ1) is 18.5. The van der Waals surface area contributed by atoms with Crippen LogP contribution in [0.3, 0.4) is 0 Å². The molecule has 0 aromatic carbocycles. The van der Waals surface area contributed by atoms with Crippen LogP contribution in [0.4, 0.5) is 0 Å². The summed E-state index contributed by atoms with van der Waals surface area (Å²) in [5.74, 6) is 1.26. The number of hydrogen-bond acceptors (Lipinski definition) is 3. The number of nitrogens with one attached hydrogen (secondary N) is 1. The zero-order valence-electron chi connectivity index (χ0n) is 14.8. The van der Waals surface area contributed by atoms with Gasteiger partial charge in [0.15, 0.2) is 0 Å². The smallest absolute Gasteiger partial charge is 0.109 e. The fourth-order valence-electron chi connectivity index (χ4n) is 3.68. The van der Waals surface area contributed by atoms with Crippen LogP contribution in [0.5, 0.6) is 0 Å². The summed E-state index contributed by atoms with van der Waals surface area (Å²) in [6.07, 6.45) is 6.92. The van der Waals surface area contributed by atoms with Crippen molar-refractivity contribution in [2.75, 3.05) is 20.1 Å². The summed E-state index contributed by atoms with van der Waals surface area (Å²) in [7, 11) is 2.23. The van der Waals surface area contributed by atoms with Gasteiger partial charge in [0, 0.05) is 6.04 Å². The first-order chi connectivity index (χ1) is 9.95. The molecule has 3 atom stereocenters. The SMILES string of the molecule is CCCNC1(C#N)CCCC1CCN(C)C(C)CC(C)C. The normalized spacial score (nSPS) is 27.2. The molecule has 0 heterocycles. The molecule has 1 saturated carbocycles. The van der Waals surface area contributed by atoms with E-state index in [1.54, 1.807) is 0 Å². The van der Waals surface area contributed by atoms with Crippen molar-refractivity contribution in [2.24, 2.45) is 11.8 Å². The van der Waals surface area contributed by atoms with E-state index in [1.165, 1.54) is 19.3 Å². The fraction of sp³-hybridized carbons (Fsp3) is 0.944. The summed E-state index contributed by atoms with van der Waals surface area (Å²) >= 11 is 0. The van der Waals surface area contributed by atoms with E-state index in [9.17, 15) is 5.26 Å². The van der Waals surface area contributed by atoms with Gasteiger partial charge in [-0.05, 0) is 71.0 Å². The molecule has 0 saturated heterocycles. The van der Waals surface area contributed by atoms with Crippen molar-refractivity contribution in [2.45, 2.75) is 77.8 Å². The average Bonchev–Trinajstić information content (AvgIpc) is 2.85. The first-order valence-electron chi connectivity index (χ1n) is 8.81. The van der Waals surface area contributed by atoms with E-state index >= 15 is 0 Å². The van der Waals surface area contributed by atoms with E-state index in [1.807, 2.05) is 0 Å². The molecule has 3 nitrogen and oxygen atoms in total. The van der Waals surface area contributed by atoms with E-state index < -0.39 is 0 Å². The standard InChI is InChI=1S/C18H35N3/c1-6-11-20-18(14-19)10-7-8-17(18)9-12-21(5)16(4)13-15(2)3/h15-17,20H,6-13H2,1-5H3. The average molecular weight is 293 g/mol. The van der Waals surface area contributed by atoms with Crippen LogP contribution >= 0.6 is 0 Å². The zero-order chi connectivity index (χ0) is 15.9. The molecule has 1 fully saturated rings. The maximum Gasteiger partial charge on any atom is 0.109 e. The van der Waals surface area contributed by atoms with Crippen molar-refractivity contribution in [3.8, 4) is 6.07 Å². The van der Waals surface area contributed by atoms with Crippen molar-refractivity contribution < 1.29 is 0 Å². The lowest BCUT2D eigenvalue weighted by Gasteiger charge is -2.33. The second-order valence-electron chi connectivity index (χ2n) is 7.35. The molecule has 21 heavy (non-hydrogen) atoms. The van der Waals surface area contributed by atoms with Gasteiger partial charge in [0.25, 0.3) is 0 Å². The Morgan fingerprint density at radius 3 is 2.67 bits per heavy atom. The predicted molar refractivity (Wildman–Crippen MR) is 90.1 cm³/mol. The van der Waals surface area contributed by atoms with E-state index in [0.29, 0.717) is 12.0 Å². The van der Waals surface area contributed by atoms with Gasteiger partial charge in [-0.15, -0.1) is 0 Å². The second-order valence-corrected chi connectivity index (χ2v) is 7.35. The lowest BCUT2D eigenvalue weighted by Crippen LogP contribution is -2.48. The van der Waals surface area contributed by atoms with Gasteiger partial charge in [-0.2, -0.15) is 5.26 Å². The summed E-state index contributed by atoms with van der Waals surface area (Å²) < 4.78 is 0. The number of rotatable bonds is 9. The first-order valence-corrected chi connectivity index (χ1v) is 8.81. The van der Waals surface area contributed by atoms with Gasteiger partial charge in [0.2, 0.25) is 0 Å². The van der Waals surface area contributed by atoms with Gasteiger partial charge in [-0.25, -0.2) is 0 Å². The Hall–Kier alpha value is -0.590. The van der Waals surface area contributed by atoms with Crippen molar-refractivity contribution in [1.82, 2.24) is 10.2 Å². The highest BCUT2D eigenvalue weighted by Crippen LogP contribution is 2.37. The maximum atomic E-state index is 9.68. The van der Waals surface area contributed by atoms with Crippen molar-refractivity contribution in [3.63, 3.8) is 0 Å². The van der Waals surface area contributed by atoms with Gasteiger partial charge in [-0.1, -0.05) is 27.2 Å². The molecule has 0 aliphatic heterocycles. The molecule has 3 heteroatoms. The number of nitriles is 1. The third-order valence-corrected chi connectivity index (χ3v) is 5.11. The minimum absolute atomic E-state index is 0.252. The minimum atomic E-state index is -0.252. The Morgan fingerprint density at radius 1 is 1.38 bits per heavy atom. The molecule has 1 aliphatic carbocycles. The highest BCUT2D eigenvalue weighted by atomic mass is 15.1. The van der Waals surface area contributed by atoms with Gasteiger partial charge in [0.1, 0.15) is 5.54 Å². The minimum Gasteiger partial charge on any atom is -0.304 e. The van der Waals surface area contributed by atoms with Gasteiger partial charge in [-0.3, -0.25) is 5.32 Å². The molecular formula is C18H35N3. The highest BCUT2D eigenvalue weighted by molar-refractivity contribution is 5.14. The van der Waals surface area contributed by atoms with Crippen LogP contribution in [0, 0.1) is 23.2 Å². The zero-order valence-corrected chi connectivity index (χ0v) is 14.8. The molecule has 0 radical (unpaired) electrons. The quantitative estimate of drug-likeness (QED) is 0.702. The van der Waals surface area contributed by atoms with Crippen LogP contribution in [0.2, 0.25) is 0 Å². The highest BCUT2D eigenvalue weighted by Gasteiger charge is 2.42. The number of hydrogen-bond donors (Lipinski definition) is 1. The van der Waals surface area contributed by atoms with E-state index in [0.717, 1.165) is 38.3 Å². The van der Waals surface area contributed by atoms with Crippen molar-refractivity contribution in [3.05, 3.63) is 0 Å². The Balaban J connectivity index is 2.51. The molecule has 3 unspecified atom stereocenters. The lowest BCUT2D eigenvalue weighted by atomic mass is 9.85. The molecule has 1 aliphatic rings. The Labute approximate surface area is 132 Å². The lowest BCUT2D eigenvalue weighted by molar-refractivity contribution is 0.196. The summed E-state index contributed by atoms with van der Waals surface area (Å²) in [5, 5.41) is 13.2. The molecule has 1 rings (SSSR count). The second kappa shape index (κ2) is 8.76. The summed E-state index contributed by atoms with van der Waals surface area (Å²) in [5.41, 5.74) is -0.252. The van der Waals surface area contributed by atoms with E-state index in [2.05, 4.69) is 51.0 Å². The molecule has 0 amide bonds. The maximum absolute atomic E-state index is 9.68. The number of nitrogens with zero attached hydrogens (tertiary/aromatic N) is 2. The van der Waals surface area contributed by atoms with E-state index in [4.69, 9.17) is 0 Å². The molecule has 0 aromatic rings. The third kappa shape index (κ3) is 5.27. The van der Waals surface area contributed by atoms with Crippen LogP contribution in [0.15, 0.2) is 0 Å². The predicted octanol–water partition coefficient (Wildman–Crippen LogP) is 3.80. The molecule has 0 spiro atoms. The van der Waals surface area contributed by atoms with Crippen LogP contribution in [-0.2, 0) is 0 Å². The topological polar surface area (TPSA) is 39.1 Å². The summed E-state index contributed by atoms with van der Waals surface area (Å²) in [6, 6.07) is 3.25. The summed E-state index contributed by atoms with van der Waals surface area (Å²) in [4.78, 5) is 2.47. The Morgan fingerprint density at radius 2 is 2.10 bits per heavy atom. The van der Waals surface area contributed by atoms with Crippen LogP contribution < -0.4 is 5.32 Å². The molecular weight excluding hydrogens is 258 g/mol. The molecule has 0 aromatic heterocycles. The fourth-order valence-corrected chi connectivity index (χ4v) is 3.68. The molecule has 122 valence electrons. The third-order valence-electron chi connectivity index (χ3n) is 5.11. The van der Waals surface area contributed by atoms with Crippen LogP contribution in [0.1, 0.15) is 66.2 Å². The summed E-state index contributed by atoms with van der Waals surface area (Å²) in [6.45, 7) is 11.1. The van der Waals surface area contributed by atoms with Gasteiger partial charge in [0.05, 0.1) is 6.07 Å². The van der Waals surface area contributed by atoms with Gasteiger partial charge >= 0.3 is 0 Å². The monoisotopic (exact) mass is 293 g/mol.